The van der Waals surface area contributed by atoms with Gasteiger partial charge >= 0.3 is 6.18 Å². The molecule has 0 unspecified atom stereocenters. The first-order valence-electron chi connectivity index (χ1n) is 12.1. The number of anilines is 1. The van der Waals surface area contributed by atoms with Crippen molar-refractivity contribution in [2.45, 2.75) is 44.1 Å². The van der Waals surface area contributed by atoms with Crippen molar-refractivity contribution in [3.05, 3.63) is 47.4 Å². The lowest BCUT2D eigenvalue weighted by Gasteiger charge is -2.42. The number of pyridine rings is 1. The quantitative estimate of drug-likeness (QED) is 0.444. The van der Waals surface area contributed by atoms with E-state index in [0.29, 0.717) is 29.8 Å². The zero-order valence-corrected chi connectivity index (χ0v) is 20.3. The van der Waals surface area contributed by atoms with Crippen LogP contribution in [0.4, 0.5) is 23.2 Å². The number of methoxy groups -OCH3 is 1. The molecule has 0 amide bonds. The zero-order chi connectivity index (χ0) is 25.4. The van der Waals surface area contributed by atoms with Gasteiger partial charge in [0.25, 0.3) is 0 Å². The summed E-state index contributed by atoms with van der Waals surface area (Å²) >= 11 is 0. The molecular weight excluding hydrogens is 476 g/mol. The molecule has 3 aromatic rings. The van der Waals surface area contributed by atoms with Crippen LogP contribution in [-0.4, -0.2) is 83.2 Å². The van der Waals surface area contributed by atoms with E-state index in [0.717, 1.165) is 41.8 Å². The Morgan fingerprint density at radius 2 is 2.03 bits per heavy atom. The summed E-state index contributed by atoms with van der Waals surface area (Å²) in [6.45, 7) is 2.84. The standard InChI is InChI=1S/C25H30F4N6O/c1-15-8-18-19-11-31-33-21(19)9-22(36-2)23(18)24(35(15)14-25(27,28)29)20-5-4-16(10-30-20)32-17-12-34(13-17)7-3-6-26/h4-5,9-11,15,17,24,32H,3,6-8,12-14H2,1-2H3,(H,31,33)/t15-,24-/m1/s1. The first kappa shape index (κ1) is 24.8. The summed E-state index contributed by atoms with van der Waals surface area (Å²) in [5.74, 6) is 0.512. The number of likely N-dealkylation sites (tertiary alicyclic amines) is 1. The Morgan fingerprint density at radius 1 is 1.22 bits per heavy atom. The van der Waals surface area contributed by atoms with Gasteiger partial charge in [-0.15, -0.1) is 0 Å². The van der Waals surface area contributed by atoms with Gasteiger partial charge in [-0.25, -0.2) is 0 Å². The Hall–Kier alpha value is -2.92. The first-order valence-corrected chi connectivity index (χ1v) is 12.1. The molecule has 2 aliphatic rings. The zero-order valence-electron chi connectivity index (χ0n) is 20.3. The fraction of sp³-hybridized carbons (Fsp3) is 0.520. The lowest BCUT2D eigenvalue weighted by molar-refractivity contribution is -0.155. The molecular formula is C25H30F4N6O. The molecule has 2 aliphatic heterocycles. The van der Waals surface area contributed by atoms with Crippen LogP contribution >= 0.6 is 0 Å². The number of benzene rings is 1. The third-order valence-electron chi connectivity index (χ3n) is 7.11. The minimum atomic E-state index is -4.36. The number of hydrogen-bond donors (Lipinski definition) is 2. The van der Waals surface area contributed by atoms with Crippen LogP contribution in [0.2, 0.25) is 0 Å². The van der Waals surface area contributed by atoms with E-state index in [1.54, 1.807) is 24.5 Å². The van der Waals surface area contributed by atoms with E-state index in [9.17, 15) is 17.6 Å². The van der Waals surface area contributed by atoms with Gasteiger partial charge in [0.05, 0.1) is 61.7 Å². The van der Waals surface area contributed by atoms with Crippen LogP contribution in [0, 0.1) is 0 Å². The Labute approximate surface area is 206 Å². The van der Waals surface area contributed by atoms with Crippen LogP contribution < -0.4 is 10.1 Å². The topological polar surface area (TPSA) is 69.3 Å². The van der Waals surface area contributed by atoms with Crippen molar-refractivity contribution in [1.29, 1.82) is 0 Å². The lowest BCUT2D eigenvalue weighted by atomic mass is 9.84. The van der Waals surface area contributed by atoms with Crippen molar-refractivity contribution in [2.75, 3.05) is 45.3 Å². The molecule has 2 atom stereocenters. The van der Waals surface area contributed by atoms with Crippen molar-refractivity contribution < 1.29 is 22.3 Å². The number of nitrogens with one attached hydrogen (secondary N) is 2. The van der Waals surface area contributed by atoms with E-state index < -0.39 is 18.8 Å². The highest BCUT2D eigenvalue weighted by Crippen LogP contribution is 2.45. The van der Waals surface area contributed by atoms with Gasteiger partial charge in [-0.2, -0.15) is 18.3 Å². The van der Waals surface area contributed by atoms with Crippen LogP contribution in [0.25, 0.3) is 10.9 Å². The van der Waals surface area contributed by atoms with Crippen LogP contribution in [0.15, 0.2) is 30.6 Å². The molecule has 36 heavy (non-hydrogen) atoms. The van der Waals surface area contributed by atoms with Crippen LogP contribution in [0.5, 0.6) is 5.75 Å². The SMILES string of the molecule is COc1cc2[nH]ncc2c2c1[C@@H](c1ccc(NC3CN(CCCF)C3)cn1)N(CC(F)(F)F)[C@H](C)C2. The van der Waals surface area contributed by atoms with Gasteiger partial charge in [-0.1, -0.05) is 0 Å². The molecule has 0 radical (unpaired) electrons. The maximum Gasteiger partial charge on any atom is 0.401 e. The number of fused-ring (bicyclic) bond motifs is 3. The maximum atomic E-state index is 13.7. The van der Waals surface area contributed by atoms with Crippen LogP contribution in [0.3, 0.4) is 0 Å². The average molecular weight is 507 g/mol. The van der Waals surface area contributed by atoms with E-state index in [2.05, 4.69) is 25.4 Å². The van der Waals surface area contributed by atoms with Gasteiger partial charge in [-0.05, 0) is 37.5 Å². The average Bonchev–Trinajstić information content (AvgIpc) is 3.29. The lowest BCUT2D eigenvalue weighted by Crippen LogP contribution is -2.54. The number of nitrogens with zero attached hydrogens (tertiary/aromatic N) is 4. The summed E-state index contributed by atoms with van der Waals surface area (Å²) in [4.78, 5) is 8.26. The molecule has 1 fully saturated rings. The second-order valence-electron chi connectivity index (χ2n) is 9.66. The molecule has 1 aromatic carbocycles. The molecule has 2 N–H and O–H groups in total. The van der Waals surface area contributed by atoms with Gasteiger partial charge in [0, 0.05) is 42.7 Å². The fourth-order valence-corrected chi connectivity index (χ4v) is 5.46. The molecule has 2 aromatic heterocycles. The number of ether oxygens (including phenoxy) is 1. The Balaban J connectivity index is 1.47. The summed E-state index contributed by atoms with van der Waals surface area (Å²) in [6, 6.07) is 4.57. The molecule has 11 heteroatoms. The summed E-state index contributed by atoms with van der Waals surface area (Å²) in [7, 11) is 1.52. The number of aromatic amines is 1. The summed E-state index contributed by atoms with van der Waals surface area (Å²) in [5.41, 5.74) is 3.74. The third-order valence-corrected chi connectivity index (χ3v) is 7.11. The molecule has 7 nitrogen and oxygen atoms in total. The molecule has 0 saturated carbocycles. The summed E-state index contributed by atoms with van der Waals surface area (Å²) in [5, 5.41) is 11.4. The molecule has 0 spiro atoms. The number of H-pyrrole nitrogens is 1. The third kappa shape index (κ3) is 4.86. The minimum absolute atomic E-state index is 0.240. The van der Waals surface area contributed by atoms with E-state index in [4.69, 9.17) is 4.74 Å². The Kier molecular flexibility index (Phi) is 6.78. The van der Waals surface area contributed by atoms with Crippen molar-refractivity contribution in [3.8, 4) is 5.75 Å². The highest BCUT2D eigenvalue weighted by molar-refractivity contribution is 5.86. The molecule has 0 bridgehead atoms. The predicted octanol–water partition coefficient (Wildman–Crippen LogP) is 4.32. The number of rotatable bonds is 8. The smallest absolute Gasteiger partial charge is 0.401 e. The van der Waals surface area contributed by atoms with Crippen molar-refractivity contribution in [2.24, 2.45) is 0 Å². The molecule has 194 valence electrons. The van der Waals surface area contributed by atoms with Gasteiger partial charge in [0.15, 0.2) is 0 Å². The summed E-state index contributed by atoms with van der Waals surface area (Å²) < 4.78 is 59.1. The van der Waals surface area contributed by atoms with E-state index in [1.807, 2.05) is 13.0 Å². The predicted molar refractivity (Wildman–Crippen MR) is 129 cm³/mol. The van der Waals surface area contributed by atoms with Gasteiger partial charge in [0.1, 0.15) is 5.75 Å². The maximum absolute atomic E-state index is 13.7. The number of alkyl halides is 4. The van der Waals surface area contributed by atoms with Crippen LogP contribution in [0.1, 0.15) is 36.2 Å². The van der Waals surface area contributed by atoms with Gasteiger partial charge in [0.2, 0.25) is 0 Å². The highest BCUT2D eigenvalue weighted by Gasteiger charge is 2.43. The monoisotopic (exact) mass is 506 g/mol. The number of hydrogen-bond acceptors (Lipinski definition) is 6. The second-order valence-corrected chi connectivity index (χ2v) is 9.66. The number of halogens is 4. The normalized spacial score (nSPS) is 21.4. The van der Waals surface area contributed by atoms with E-state index in [1.165, 1.54) is 12.0 Å². The van der Waals surface area contributed by atoms with Crippen molar-refractivity contribution in [1.82, 2.24) is 25.0 Å². The second kappa shape index (κ2) is 9.85. The number of aromatic nitrogens is 3. The molecule has 0 aliphatic carbocycles. The Bertz CT molecular complexity index is 1190. The highest BCUT2D eigenvalue weighted by atomic mass is 19.4. The van der Waals surface area contributed by atoms with E-state index in [-0.39, 0.29) is 18.8 Å². The van der Waals surface area contributed by atoms with Gasteiger partial charge in [-0.3, -0.25) is 24.3 Å². The largest absolute Gasteiger partial charge is 0.496 e. The summed E-state index contributed by atoms with van der Waals surface area (Å²) in [6.07, 6.45) is -0.000749. The van der Waals surface area contributed by atoms with E-state index >= 15 is 0 Å². The minimum Gasteiger partial charge on any atom is -0.496 e. The fourth-order valence-electron chi connectivity index (χ4n) is 5.46. The molecule has 5 rings (SSSR count). The van der Waals surface area contributed by atoms with Crippen molar-refractivity contribution >= 4 is 16.6 Å². The van der Waals surface area contributed by atoms with Gasteiger partial charge < -0.3 is 10.1 Å². The first-order chi connectivity index (χ1) is 17.3. The van der Waals surface area contributed by atoms with Crippen molar-refractivity contribution in [3.63, 3.8) is 0 Å². The van der Waals surface area contributed by atoms with Crippen LogP contribution in [-0.2, 0) is 6.42 Å². The Morgan fingerprint density at radius 3 is 2.69 bits per heavy atom. The molecule has 1 saturated heterocycles. The molecule has 4 heterocycles.